The van der Waals surface area contributed by atoms with Gasteiger partial charge in [-0.3, -0.25) is 36.8 Å². The van der Waals surface area contributed by atoms with Crippen LogP contribution in [0.4, 0.5) is 0 Å². The summed E-state index contributed by atoms with van der Waals surface area (Å²) in [7, 11) is 0. The van der Waals surface area contributed by atoms with Crippen molar-refractivity contribution in [2.45, 2.75) is 0 Å². The Balaban J connectivity index is 0.0000000919. The van der Waals surface area contributed by atoms with Crippen LogP contribution in [0.3, 0.4) is 0 Å². The molecule has 16 aromatic carbocycles. The van der Waals surface area contributed by atoms with Crippen molar-refractivity contribution in [1.29, 1.82) is 0 Å². The highest BCUT2D eigenvalue weighted by Crippen LogP contribution is 2.40. The van der Waals surface area contributed by atoms with E-state index in [1.807, 2.05) is 231 Å². The van der Waals surface area contributed by atoms with Gasteiger partial charge in [-0.25, -0.2) is 19.9 Å². The summed E-state index contributed by atoms with van der Waals surface area (Å²) in [6.45, 7) is 0. The van der Waals surface area contributed by atoms with Crippen molar-refractivity contribution in [3.63, 3.8) is 0 Å². The Hall–Kier alpha value is -14.9. The van der Waals surface area contributed by atoms with Gasteiger partial charge in [0.1, 0.15) is 22.6 Å². The van der Waals surface area contributed by atoms with Crippen molar-refractivity contribution in [3.8, 4) is 44.5 Å². The van der Waals surface area contributed by atoms with Gasteiger partial charge < -0.3 is 0 Å². The Morgan fingerprint density at radius 3 is 0.954 bits per heavy atom. The number of hydrogen-bond donors (Lipinski definition) is 0. The van der Waals surface area contributed by atoms with E-state index in [2.05, 4.69) is 109 Å². The zero-order chi connectivity index (χ0) is 71.8. The average Bonchev–Trinajstić information content (AvgIpc) is 1.46. The SMILES string of the molecule is O=c1c2ccc(-c3ccccc3)c3cccc(c32)c2nc3ccccc3n12.O=c1c2cccc3c(-c4ccccc4)ccc(c32)c2nc3ccccc3n12.O=c1c2cccc3cccc(c32)c2nc3cc(-c4ccccc4)ccc3n12.O=c1c2cccc3cccc(c32)c2nc3ccc(-c4ccccc4)cc3n12. The van der Waals surface area contributed by atoms with Crippen LogP contribution in [0.5, 0.6) is 0 Å². The summed E-state index contributed by atoms with van der Waals surface area (Å²) < 4.78 is 7.00. The number of fused-ring (bicyclic) bond motifs is 16. The molecule has 0 aliphatic carbocycles. The van der Waals surface area contributed by atoms with E-state index < -0.39 is 0 Å². The van der Waals surface area contributed by atoms with Crippen LogP contribution in [-0.4, -0.2) is 37.5 Å². The predicted molar refractivity (Wildman–Crippen MR) is 442 cm³/mol. The van der Waals surface area contributed by atoms with Crippen LogP contribution < -0.4 is 22.2 Å². The van der Waals surface area contributed by atoms with E-state index in [1.54, 1.807) is 17.6 Å². The fourth-order valence-corrected chi connectivity index (χ4v) is 16.5. The van der Waals surface area contributed by atoms with Crippen molar-refractivity contribution >= 4 is 153 Å². The van der Waals surface area contributed by atoms with Crippen LogP contribution in [-0.2, 0) is 0 Å². The topological polar surface area (TPSA) is 137 Å². The first-order chi connectivity index (χ1) is 53.3. The Kier molecular flexibility index (Phi) is 13.9. The number of imidazole rings is 4. The molecule has 0 saturated heterocycles. The van der Waals surface area contributed by atoms with E-state index in [0.29, 0.717) is 0 Å². The maximum atomic E-state index is 13.3. The smallest absolute Gasteiger partial charge is 0.264 e. The zero-order valence-electron chi connectivity index (χ0n) is 57.5. The monoisotopic (exact) mass is 1380 g/mol. The molecule has 12 nitrogen and oxygen atoms in total. The van der Waals surface area contributed by atoms with Crippen LogP contribution in [0.1, 0.15) is 0 Å². The summed E-state index contributed by atoms with van der Waals surface area (Å²) in [5.41, 5.74) is 18.6. The first-order valence-corrected chi connectivity index (χ1v) is 35.8. The molecule has 0 N–H and O–H groups in total. The molecular weight excluding hydrogens is 1330 g/mol. The molecule has 8 aromatic heterocycles. The second kappa shape index (κ2) is 24.4. The highest BCUT2D eigenvalue weighted by atomic mass is 16.1. The summed E-state index contributed by atoms with van der Waals surface area (Å²) >= 11 is 0. The van der Waals surface area contributed by atoms with Gasteiger partial charge >= 0.3 is 0 Å². The molecule has 0 aliphatic rings. The molecule has 0 amide bonds. The average molecular weight is 1390 g/mol. The van der Waals surface area contributed by atoms with Gasteiger partial charge in [0.15, 0.2) is 0 Å². The lowest BCUT2D eigenvalue weighted by atomic mass is 9.94. The van der Waals surface area contributed by atoms with Crippen molar-refractivity contribution in [2.24, 2.45) is 0 Å². The predicted octanol–water partition coefficient (Wildman–Crippen LogP) is 21.0. The first kappa shape index (κ1) is 61.8. The Morgan fingerprint density at radius 1 is 0.185 bits per heavy atom. The summed E-state index contributed by atoms with van der Waals surface area (Å²) in [6.07, 6.45) is 0. The maximum Gasteiger partial charge on any atom is 0.264 e. The molecule has 0 bridgehead atoms. The second-order valence-corrected chi connectivity index (χ2v) is 27.3. The minimum atomic E-state index is -0.0120. The number of pyridine rings is 4. The standard InChI is InChI=1S/4C24H14N2O/c27-24-19-11-5-9-16-8-4-10-18(22(16)19)23-25-20-14-17(12-13-21(20)26(23)24)15-6-2-1-3-7-15;27-24-19-11-5-9-16-8-4-10-18(22(16)19)23-25-20-13-12-17(14-21(20)26(23)24)15-6-2-1-3-7-15;27-24-19-10-6-9-17-16(15-7-2-1-3-8-15)13-14-18(22(17)19)23-25-20-11-4-5-12-21(20)26(23)24;27-24-19-14-13-16(15-7-2-1-3-8-15)17-9-6-10-18(22(17)19)23-25-20-11-4-5-12-21(20)26(23)24/h4*1-14H. The highest BCUT2D eigenvalue weighted by Gasteiger charge is 2.23. The molecule has 108 heavy (non-hydrogen) atoms. The summed E-state index contributed by atoms with van der Waals surface area (Å²) in [5, 5.41) is 15.3. The molecule has 0 fully saturated rings. The molecule has 0 saturated carbocycles. The summed E-state index contributed by atoms with van der Waals surface area (Å²) in [6, 6.07) is 113. The Morgan fingerprint density at radius 2 is 0.491 bits per heavy atom. The molecule has 504 valence electrons. The number of aromatic nitrogens is 8. The third kappa shape index (κ3) is 9.50. The Labute approximate surface area is 612 Å². The van der Waals surface area contributed by atoms with Crippen molar-refractivity contribution in [3.05, 3.63) is 381 Å². The van der Waals surface area contributed by atoms with E-state index >= 15 is 0 Å². The van der Waals surface area contributed by atoms with E-state index in [0.717, 1.165) is 197 Å². The van der Waals surface area contributed by atoms with Gasteiger partial charge in [-0.05, 0) is 145 Å². The van der Waals surface area contributed by atoms with Crippen LogP contribution >= 0.6 is 0 Å². The van der Waals surface area contributed by atoms with Gasteiger partial charge in [0.2, 0.25) is 0 Å². The molecule has 12 heteroatoms. The Bertz CT molecular complexity index is 7780. The van der Waals surface area contributed by atoms with E-state index in [-0.39, 0.29) is 22.2 Å². The van der Waals surface area contributed by atoms with Gasteiger partial charge in [-0.15, -0.1) is 0 Å². The number of nitrogens with zero attached hydrogens (tertiary/aromatic N) is 8. The molecule has 8 heterocycles. The minimum Gasteiger partial charge on any atom is -0.268 e. The normalized spacial score (nSPS) is 11.9. The third-order valence-corrected chi connectivity index (χ3v) is 21.4. The van der Waals surface area contributed by atoms with Gasteiger partial charge in [0, 0.05) is 64.6 Å². The molecule has 0 spiro atoms. The van der Waals surface area contributed by atoms with Crippen LogP contribution in [0, 0.1) is 0 Å². The van der Waals surface area contributed by atoms with E-state index in [4.69, 9.17) is 19.9 Å². The molecule has 0 aliphatic heterocycles. The largest absolute Gasteiger partial charge is 0.268 e. The lowest BCUT2D eigenvalue weighted by Crippen LogP contribution is -2.13. The maximum absolute atomic E-state index is 13.3. The first-order valence-electron chi connectivity index (χ1n) is 35.8. The van der Waals surface area contributed by atoms with Crippen LogP contribution in [0.2, 0.25) is 0 Å². The number of rotatable bonds is 4. The van der Waals surface area contributed by atoms with E-state index in [1.165, 1.54) is 0 Å². The third-order valence-electron chi connectivity index (χ3n) is 21.4. The lowest BCUT2D eigenvalue weighted by Gasteiger charge is -2.11. The van der Waals surface area contributed by atoms with Gasteiger partial charge in [0.25, 0.3) is 22.2 Å². The fraction of sp³-hybridized carbons (Fsp3) is 0. The number of para-hydroxylation sites is 4. The quantitative estimate of drug-likeness (QED) is 0.170. The van der Waals surface area contributed by atoms with Gasteiger partial charge in [-0.1, -0.05) is 261 Å². The number of benzene rings is 16. The molecule has 24 rings (SSSR count). The number of hydrogen-bond acceptors (Lipinski definition) is 8. The van der Waals surface area contributed by atoms with Gasteiger partial charge in [-0.2, -0.15) is 0 Å². The van der Waals surface area contributed by atoms with Crippen LogP contribution in [0.25, 0.3) is 197 Å². The molecular formula is C96H56N8O4. The van der Waals surface area contributed by atoms with Crippen molar-refractivity contribution in [2.75, 3.05) is 0 Å². The molecule has 0 atom stereocenters. The van der Waals surface area contributed by atoms with E-state index in [9.17, 15) is 19.2 Å². The van der Waals surface area contributed by atoms with Crippen molar-refractivity contribution in [1.82, 2.24) is 37.5 Å². The van der Waals surface area contributed by atoms with Gasteiger partial charge in [0.05, 0.1) is 44.1 Å². The molecule has 0 radical (unpaired) electrons. The molecule has 0 unspecified atom stereocenters. The second-order valence-electron chi connectivity index (χ2n) is 27.3. The summed E-state index contributed by atoms with van der Waals surface area (Å²) in [5.74, 6) is 0. The summed E-state index contributed by atoms with van der Waals surface area (Å²) in [4.78, 5) is 72.5. The zero-order valence-corrected chi connectivity index (χ0v) is 57.5. The van der Waals surface area contributed by atoms with Crippen molar-refractivity contribution < 1.29 is 0 Å². The fourth-order valence-electron chi connectivity index (χ4n) is 16.5. The highest BCUT2D eigenvalue weighted by molar-refractivity contribution is 6.22. The lowest BCUT2D eigenvalue weighted by molar-refractivity contribution is 1.19. The van der Waals surface area contributed by atoms with Crippen LogP contribution in [0.15, 0.2) is 359 Å². The molecule has 24 aromatic rings. The minimum absolute atomic E-state index is 0.00994.